The molecular formula is C27H59N3O3. The highest BCUT2D eigenvalue weighted by molar-refractivity contribution is 4.88. The third-order valence-electron chi connectivity index (χ3n) is 5.31. The van der Waals surface area contributed by atoms with Crippen LogP contribution in [0.15, 0.2) is 0 Å². The molecule has 0 saturated carbocycles. The summed E-state index contributed by atoms with van der Waals surface area (Å²) in [6, 6.07) is 0. The molecule has 0 rings (SSSR count). The number of hydrogen-bond acceptors (Lipinski definition) is 6. The van der Waals surface area contributed by atoms with Gasteiger partial charge in [0.25, 0.3) is 0 Å². The molecule has 6 heteroatoms. The average Bonchev–Trinajstić information content (AvgIpc) is 2.62. The summed E-state index contributed by atoms with van der Waals surface area (Å²) in [6.45, 7) is 31.0. The number of unbranched alkanes of at least 4 members (excludes halogenated alkanes) is 1. The van der Waals surface area contributed by atoms with Gasteiger partial charge in [0.2, 0.25) is 0 Å². The molecule has 0 saturated heterocycles. The highest BCUT2D eigenvalue weighted by Crippen LogP contribution is 2.24. The molecule has 0 fully saturated rings. The van der Waals surface area contributed by atoms with Gasteiger partial charge in [-0.3, -0.25) is 10.2 Å². The molecule has 0 aliphatic carbocycles. The fraction of sp³-hybridized carbons (Fsp3) is 1.00. The molecule has 0 aromatic rings. The molecule has 0 amide bonds. The zero-order chi connectivity index (χ0) is 25.6. The zero-order valence-corrected chi connectivity index (χ0v) is 24.2. The van der Waals surface area contributed by atoms with Crippen LogP contribution in [0.2, 0.25) is 0 Å². The minimum Gasteiger partial charge on any atom is -0.381 e. The second kappa shape index (κ2) is 15.7. The zero-order valence-electron chi connectivity index (χ0n) is 24.2. The Bertz CT molecular complexity index is 476. The molecule has 200 valence electrons. The third kappa shape index (κ3) is 19.7. The fourth-order valence-electron chi connectivity index (χ4n) is 3.84. The minimum atomic E-state index is -0.0924. The molecule has 0 spiro atoms. The summed E-state index contributed by atoms with van der Waals surface area (Å²) < 4.78 is 17.3. The standard InChI is InChI=1S/C27H59N3O3/c1-24(2,3)28-16-14-20-31-21-15-17-29-27(10,11)30(25(4,5)6)18-12-13-19-32-22-23-33-26(7,8)9/h28-29H,12-23H2,1-11H3. The second-order valence-corrected chi connectivity index (χ2v) is 12.6. The first-order chi connectivity index (χ1) is 15.0. The van der Waals surface area contributed by atoms with Crippen molar-refractivity contribution in [2.24, 2.45) is 0 Å². The van der Waals surface area contributed by atoms with Gasteiger partial charge in [-0.2, -0.15) is 0 Å². The normalized spacial score (nSPS) is 13.8. The Morgan fingerprint density at radius 3 is 1.61 bits per heavy atom. The van der Waals surface area contributed by atoms with E-state index in [1.165, 1.54) is 0 Å². The predicted molar refractivity (Wildman–Crippen MR) is 142 cm³/mol. The molecule has 0 aromatic heterocycles. The van der Waals surface area contributed by atoms with E-state index >= 15 is 0 Å². The van der Waals surface area contributed by atoms with E-state index in [1.807, 2.05) is 0 Å². The Morgan fingerprint density at radius 1 is 0.576 bits per heavy atom. The minimum absolute atomic E-state index is 0.0731. The topological polar surface area (TPSA) is 55.0 Å². The van der Waals surface area contributed by atoms with Gasteiger partial charge in [0.1, 0.15) is 0 Å². The Balaban J connectivity index is 4.09. The van der Waals surface area contributed by atoms with E-state index in [9.17, 15) is 0 Å². The number of nitrogens with zero attached hydrogens (tertiary/aromatic N) is 1. The maximum Gasteiger partial charge on any atom is 0.0707 e. The van der Waals surface area contributed by atoms with Crippen molar-refractivity contribution in [1.82, 2.24) is 15.5 Å². The first kappa shape index (κ1) is 32.8. The first-order valence-corrected chi connectivity index (χ1v) is 13.1. The highest BCUT2D eigenvalue weighted by Gasteiger charge is 2.33. The summed E-state index contributed by atoms with van der Waals surface area (Å²) in [4.78, 5) is 2.57. The molecule has 2 N–H and O–H groups in total. The highest BCUT2D eigenvalue weighted by atomic mass is 16.5. The van der Waals surface area contributed by atoms with Crippen LogP contribution in [-0.4, -0.2) is 79.9 Å². The van der Waals surface area contributed by atoms with E-state index in [1.54, 1.807) is 0 Å². The van der Waals surface area contributed by atoms with Gasteiger partial charge in [0.05, 0.1) is 24.5 Å². The number of ether oxygens (including phenoxy) is 3. The van der Waals surface area contributed by atoms with Crippen LogP contribution in [0.1, 0.15) is 102 Å². The molecule has 33 heavy (non-hydrogen) atoms. The Morgan fingerprint density at radius 2 is 1.09 bits per heavy atom. The van der Waals surface area contributed by atoms with Crippen molar-refractivity contribution in [1.29, 1.82) is 0 Å². The number of nitrogens with one attached hydrogen (secondary N) is 2. The van der Waals surface area contributed by atoms with Gasteiger partial charge < -0.3 is 19.5 Å². The maximum atomic E-state index is 5.81. The summed E-state index contributed by atoms with van der Waals surface area (Å²) in [7, 11) is 0. The summed E-state index contributed by atoms with van der Waals surface area (Å²) in [5, 5.41) is 7.25. The van der Waals surface area contributed by atoms with Gasteiger partial charge in [0.15, 0.2) is 0 Å². The molecule has 0 aromatic carbocycles. The average molecular weight is 474 g/mol. The molecule has 0 radical (unpaired) electrons. The van der Waals surface area contributed by atoms with Crippen LogP contribution in [0, 0.1) is 0 Å². The van der Waals surface area contributed by atoms with Crippen molar-refractivity contribution in [3.8, 4) is 0 Å². The van der Waals surface area contributed by atoms with Crippen LogP contribution in [0.5, 0.6) is 0 Å². The monoisotopic (exact) mass is 473 g/mol. The van der Waals surface area contributed by atoms with Crippen LogP contribution >= 0.6 is 0 Å². The van der Waals surface area contributed by atoms with Crippen LogP contribution in [0.3, 0.4) is 0 Å². The van der Waals surface area contributed by atoms with Crippen LogP contribution in [0.25, 0.3) is 0 Å². The van der Waals surface area contributed by atoms with E-state index < -0.39 is 0 Å². The molecule has 6 nitrogen and oxygen atoms in total. The predicted octanol–water partition coefficient (Wildman–Crippen LogP) is 5.21. The second-order valence-electron chi connectivity index (χ2n) is 12.6. The lowest BCUT2D eigenvalue weighted by Crippen LogP contribution is -2.61. The fourth-order valence-corrected chi connectivity index (χ4v) is 3.84. The SMILES string of the molecule is CC(C)(C)NCCCOCCCNC(C)(C)N(CCCCOCCOC(C)(C)C)C(C)(C)C. The van der Waals surface area contributed by atoms with Crippen molar-refractivity contribution in [2.75, 3.05) is 52.7 Å². The van der Waals surface area contributed by atoms with Gasteiger partial charge in [-0.25, -0.2) is 0 Å². The van der Waals surface area contributed by atoms with Crippen molar-refractivity contribution >= 4 is 0 Å². The summed E-state index contributed by atoms with van der Waals surface area (Å²) in [5.74, 6) is 0. The van der Waals surface area contributed by atoms with Gasteiger partial charge >= 0.3 is 0 Å². The maximum absolute atomic E-state index is 5.81. The van der Waals surface area contributed by atoms with Crippen LogP contribution in [-0.2, 0) is 14.2 Å². The summed E-state index contributed by atoms with van der Waals surface area (Å²) >= 11 is 0. The summed E-state index contributed by atoms with van der Waals surface area (Å²) in [6.07, 6.45) is 4.27. The number of rotatable bonds is 18. The smallest absolute Gasteiger partial charge is 0.0707 e. The van der Waals surface area contributed by atoms with E-state index in [4.69, 9.17) is 14.2 Å². The van der Waals surface area contributed by atoms with E-state index in [2.05, 4.69) is 91.7 Å². The number of hydrogen-bond donors (Lipinski definition) is 2. The lowest BCUT2D eigenvalue weighted by atomic mass is 9.99. The van der Waals surface area contributed by atoms with E-state index in [0.29, 0.717) is 13.2 Å². The van der Waals surface area contributed by atoms with Gasteiger partial charge in [-0.15, -0.1) is 0 Å². The Labute approximate surface area is 206 Å². The van der Waals surface area contributed by atoms with E-state index in [-0.39, 0.29) is 22.3 Å². The van der Waals surface area contributed by atoms with Gasteiger partial charge in [-0.05, 0) is 115 Å². The first-order valence-electron chi connectivity index (χ1n) is 13.1. The van der Waals surface area contributed by atoms with Crippen molar-refractivity contribution in [2.45, 2.75) is 124 Å². The van der Waals surface area contributed by atoms with Crippen molar-refractivity contribution in [3.05, 3.63) is 0 Å². The van der Waals surface area contributed by atoms with Crippen LogP contribution in [0.4, 0.5) is 0 Å². The molecule has 0 aliphatic rings. The lowest BCUT2D eigenvalue weighted by Gasteiger charge is -2.48. The molecule has 0 aliphatic heterocycles. The third-order valence-corrected chi connectivity index (χ3v) is 5.31. The van der Waals surface area contributed by atoms with Crippen molar-refractivity contribution < 1.29 is 14.2 Å². The Kier molecular flexibility index (Phi) is 15.6. The van der Waals surface area contributed by atoms with Gasteiger partial charge in [-0.1, -0.05) is 0 Å². The molecule has 0 bridgehead atoms. The molecular weight excluding hydrogens is 414 g/mol. The molecule has 0 atom stereocenters. The van der Waals surface area contributed by atoms with Gasteiger partial charge in [0, 0.05) is 37.4 Å². The van der Waals surface area contributed by atoms with Crippen LogP contribution < -0.4 is 10.6 Å². The van der Waals surface area contributed by atoms with Crippen molar-refractivity contribution in [3.63, 3.8) is 0 Å². The lowest BCUT2D eigenvalue weighted by molar-refractivity contribution is -0.0363. The quantitative estimate of drug-likeness (QED) is 0.211. The molecule has 0 heterocycles. The Hall–Kier alpha value is -0.240. The van der Waals surface area contributed by atoms with E-state index in [0.717, 1.165) is 65.1 Å². The summed E-state index contributed by atoms with van der Waals surface area (Å²) in [5.41, 5.74) is 0.109. The largest absolute Gasteiger partial charge is 0.381 e. The molecule has 0 unspecified atom stereocenters.